The number of fused-ring (bicyclic) bond motifs is 1. The van der Waals surface area contributed by atoms with Crippen LogP contribution in [0.5, 0.6) is 0 Å². The average molecular weight is 318 g/mol. The maximum Gasteiger partial charge on any atom is 0.254 e. The van der Waals surface area contributed by atoms with Crippen molar-refractivity contribution in [2.45, 2.75) is 6.54 Å². The zero-order valence-electron chi connectivity index (χ0n) is 11.3. The highest BCUT2D eigenvalue weighted by atomic mass is 35.5. The fourth-order valence-corrected chi connectivity index (χ4v) is 3.21. The van der Waals surface area contributed by atoms with Gasteiger partial charge in [-0.2, -0.15) is 0 Å². The molecule has 0 bridgehead atoms. The van der Waals surface area contributed by atoms with E-state index in [1.807, 2.05) is 24.3 Å². The van der Waals surface area contributed by atoms with E-state index in [0.717, 1.165) is 15.2 Å². The van der Waals surface area contributed by atoms with Crippen molar-refractivity contribution in [1.29, 1.82) is 0 Å². The number of pyridine rings is 1. The molecule has 1 aromatic carbocycles. The zero-order chi connectivity index (χ0) is 14.8. The number of hydrogen-bond acceptors (Lipinski definition) is 4. The predicted molar refractivity (Wildman–Crippen MR) is 84.7 cm³/mol. The van der Waals surface area contributed by atoms with Gasteiger partial charge in [-0.05, 0) is 24.3 Å². The number of carbonyl (C=O) groups excluding carboxylic acids is 1. The number of nitrogens with zero attached hydrogens (tertiary/aromatic N) is 3. The summed E-state index contributed by atoms with van der Waals surface area (Å²) in [6, 6.07) is 11.2. The molecule has 0 N–H and O–H groups in total. The number of amides is 1. The molecule has 2 heterocycles. The smallest absolute Gasteiger partial charge is 0.254 e. The van der Waals surface area contributed by atoms with Gasteiger partial charge in [0.25, 0.3) is 5.91 Å². The molecule has 0 saturated heterocycles. The highest BCUT2D eigenvalue weighted by molar-refractivity contribution is 7.18. The molecule has 0 saturated carbocycles. The van der Waals surface area contributed by atoms with Gasteiger partial charge in [0.05, 0.1) is 16.8 Å². The topological polar surface area (TPSA) is 46.1 Å². The largest absolute Gasteiger partial charge is 0.335 e. The van der Waals surface area contributed by atoms with Crippen molar-refractivity contribution in [3.05, 3.63) is 58.3 Å². The van der Waals surface area contributed by atoms with Crippen molar-refractivity contribution >= 4 is 39.1 Å². The standard InChI is InChI=1S/C15H12ClN3OS/c1-19(15(20)10-6-7-17-13(16)8-10)9-14-18-11-4-2-3-5-12(11)21-14/h2-8H,9H2,1H3. The van der Waals surface area contributed by atoms with Gasteiger partial charge in [-0.3, -0.25) is 4.79 Å². The predicted octanol–water partition coefficient (Wildman–Crippen LogP) is 3.62. The normalized spacial score (nSPS) is 10.8. The van der Waals surface area contributed by atoms with E-state index in [2.05, 4.69) is 9.97 Å². The van der Waals surface area contributed by atoms with Crippen molar-refractivity contribution in [3.63, 3.8) is 0 Å². The Kier molecular flexibility index (Phi) is 3.86. The van der Waals surface area contributed by atoms with E-state index in [4.69, 9.17) is 11.6 Å². The molecule has 1 amide bonds. The number of aromatic nitrogens is 2. The van der Waals surface area contributed by atoms with E-state index in [0.29, 0.717) is 17.3 Å². The Balaban J connectivity index is 1.79. The lowest BCUT2D eigenvalue weighted by atomic mass is 10.2. The molecule has 106 valence electrons. The quantitative estimate of drug-likeness (QED) is 0.693. The molecule has 0 aliphatic rings. The lowest BCUT2D eigenvalue weighted by molar-refractivity contribution is 0.0785. The van der Waals surface area contributed by atoms with Gasteiger partial charge in [0, 0.05) is 18.8 Å². The van der Waals surface area contributed by atoms with E-state index >= 15 is 0 Å². The van der Waals surface area contributed by atoms with Crippen LogP contribution in [0.15, 0.2) is 42.6 Å². The van der Waals surface area contributed by atoms with Crippen LogP contribution >= 0.6 is 22.9 Å². The first-order valence-electron chi connectivity index (χ1n) is 6.35. The number of rotatable bonds is 3. The number of thiazole rings is 1. The third kappa shape index (κ3) is 3.04. The molecule has 0 fully saturated rings. The molecule has 0 aliphatic heterocycles. The monoisotopic (exact) mass is 317 g/mol. The first kappa shape index (κ1) is 14.0. The third-order valence-electron chi connectivity index (χ3n) is 3.03. The van der Waals surface area contributed by atoms with Crippen LogP contribution in [0.2, 0.25) is 5.15 Å². The lowest BCUT2D eigenvalue weighted by Gasteiger charge is -2.15. The Labute approximate surface area is 131 Å². The van der Waals surface area contributed by atoms with Crippen molar-refractivity contribution < 1.29 is 4.79 Å². The molecular formula is C15H12ClN3OS. The minimum Gasteiger partial charge on any atom is -0.335 e. The van der Waals surface area contributed by atoms with Crippen molar-refractivity contribution in [2.24, 2.45) is 0 Å². The molecule has 21 heavy (non-hydrogen) atoms. The molecule has 2 aromatic heterocycles. The molecule has 0 radical (unpaired) electrons. The Hall–Kier alpha value is -1.98. The van der Waals surface area contributed by atoms with Crippen LogP contribution in [0.3, 0.4) is 0 Å². The summed E-state index contributed by atoms with van der Waals surface area (Å²) in [5.41, 5.74) is 1.49. The van der Waals surface area contributed by atoms with Gasteiger partial charge in [-0.25, -0.2) is 9.97 Å². The summed E-state index contributed by atoms with van der Waals surface area (Å²) in [6.45, 7) is 0.470. The Bertz CT molecular complexity index is 769. The second kappa shape index (κ2) is 5.79. The first-order chi connectivity index (χ1) is 10.1. The van der Waals surface area contributed by atoms with Gasteiger partial charge >= 0.3 is 0 Å². The molecule has 6 heteroatoms. The molecule has 0 aliphatic carbocycles. The molecule has 0 spiro atoms. The Morgan fingerprint density at radius 3 is 2.90 bits per heavy atom. The fraction of sp³-hybridized carbons (Fsp3) is 0.133. The number of halogens is 1. The number of benzene rings is 1. The van der Waals surface area contributed by atoms with Crippen LogP contribution in [-0.2, 0) is 6.54 Å². The lowest BCUT2D eigenvalue weighted by Crippen LogP contribution is -2.26. The maximum absolute atomic E-state index is 12.3. The Morgan fingerprint density at radius 2 is 2.14 bits per heavy atom. The van der Waals surface area contributed by atoms with Crippen LogP contribution < -0.4 is 0 Å². The van der Waals surface area contributed by atoms with Crippen LogP contribution in [-0.4, -0.2) is 27.8 Å². The van der Waals surface area contributed by atoms with Gasteiger partial charge in [0.15, 0.2) is 0 Å². The van der Waals surface area contributed by atoms with Gasteiger partial charge in [-0.1, -0.05) is 23.7 Å². The van der Waals surface area contributed by atoms with Crippen molar-refractivity contribution in [1.82, 2.24) is 14.9 Å². The highest BCUT2D eigenvalue weighted by Crippen LogP contribution is 2.22. The number of hydrogen-bond donors (Lipinski definition) is 0. The summed E-state index contributed by atoms with van der Waals surface area (Å²) in [7, 11) is 1.75. The highest BCUT2D eigenvalue weighted by Gasteiger charge is 2.14. The second-order valence-electron chi connectivity index (χ2n) is 4.60. The minimum absolute atomic E-state index is 0.0986. The minimum atomic E-state index is -0.0986. The summed E-state index contributed by atoms with van der Waals surface area (Å²) in [6.07, 6.45) is 1.53. The van der Waals surface area contributed by atoms with Crippen LogP contribution in [0.4, 0.5) is 0 Å². The van der Waals surface area contributed by atoms with Gasteiger partial charge in [0.2, 0.25) is 0 Å². The third-order valence-corrected chi connectivity index (χ3v) is 4.26. The molecule has 3 rings (SSSR count). The molecular weight excluding hydrogens is 306 g/mol. The summed E-state index contributed by atoms with van der Waals surface area (Å²) in [5.74, 6) is -0.0986. The van der Waals surface area contributed by atoms with Crippen LogP contribution in [0, 0.1) is 0 Å². The average Bonchev–Trinajstić information content (AvgIpc) is 2.88. The Morgan fingerprint density at radius 1 is 1.33 bits per heavy atom. The van der Waals surface area contributed by atoms with Gasteiger partial charge < -0.3 is 4.90 Å². The van der Waals surface area contributed by atoms with Gasteiger partial charge in [-0.15, -0.1) is 11.3 Å². The molecule has 3 aromatic rings. The second-order valence-corrected chi connectivity index (χ2v) is 6.11. The summed E-state index contributed by atoms with van der Waals surface area (Å²) < 4.78 is 1.13. The van der Waals surface area contributed by atoms with E-state index in [1.165, 1.54) is 6.20 Å². The summed E-state index contributed by atoms with van der Waals surface area (Å²) in [5, 5.41) is 1.22. The van der Waals surface area contributed by atoms with E-state index < -0.39 is 0 Å². The van der Waals surface area contributed by atoms with E-state index in [9.17, 15) is 4.79 Å². The van der Waals surface area contributed by atoms with Crippen LogP contribution in [0.25, 0.3) is 10.2 Å². The molecule has 4 nitrogen and oxygen atoms in total. The van der Waals surface area contributed by atoms with Crippen molar-refractivity contribution in [3.8, 4) is 0 Å². The summed E-state index contributed by atoms with van der Waals surface area (Å²) in [4.78, 5) is 22.4. The first-order valence-corrected chi connectivity index (χ1v) is 7.54. The summed E-state index contributed by atoms with van der Waals surface area (Å²) >= 11 is 7.41. The van der Waals surface area contributed by atoms with Crippen LogP contribution in [0.1, 0.15) is 15.4 Å². The van der Waals surface area contributed by atoms with E-state index in [1.54, 1.807) is 35.4 Å². The SMILES string of the molecule is CN(Cc1nc2ccccc2s1)C(=O)c1ccnc(Cl)c1. The van der Waals surface area contributed by atoms with E-state index in [-0.39, 0.29) is 5.91 Å². The fourth-order valence-electron chi connectivity index (χ4n) is 2.02. The number of para-hydroxylation sites is 1. The zero-order valence-corrected chi connectivity index (χ0v) is 12.9. The molecule has 0 atom stereocenters. The van der Waals surface area contributed by atoms with Gasteiger partial charge in [0.1, 0.15) is 10.2 Å². The molecule has 0 unspecified atom stereocenters. The number of carbonyl (C=O) groups is 1. The maximum atomic E-state index is 12.3. The van der Waals surface area contributed by atoms with Crippen molar-refractivity contribution in [2.75, 3.05) is 7.05 Å².